The first kappa shape index (κ1) is 13.8. The van der Waals surface area contributed by atoms with Crippen molar-refractivity contribution < 1.29 is 8.78 Å². The summed E-state index contributed by atoms with van der Waals surface area (Å²) in [6, 6.07) is 3.18. The number of anilines is 1. The number of rotatable bonds is 4. The van der Waals surface area contributed by atoms with Gasteiger partial charge in [0.05, 0.1) is 5.69 Å². The Morgan fingerprint density at radius 2 is 2.21 bits per heavy atom. The van der Waals surface area contributed by atoms with Gasteiger partial charge in [0, 0.05) is 12.6 Å². The van der Waals surface area contributed by atoms with Crippen molar-refractivity contribution in [2.24, 2.45) is 28.5 Å². The van der Waals surface area contributed by atoms with Gasteiger partial charge in [-0.15, -0.1) is 0 Å². The lowest BCUT2D eigenvalue weighted by Gasteiger charge is -2.07. The van der Waals surface area contributed by atoms with Crippen LogP contribution < -0.4 is 11.1 Å². The second-order valence-corrected chi connectivity index (χ2v) is 5.38. The molecule has 0 saturated heterocycles. The number of halogens is 2. The van der Waals surface area contributed by atoms with Gasteiger partial charge in [0.2, 0.25) is 0 Å². The van der Waals surface area contributed by atoms with E-state index in [1.54, 1.807) is 0 Å². The van der Waals surface area contributed by atoms with Crippen LogP contribution in [-0.2, 0) is 0 Å². The predicted octanol–water partition coefficient (Wildman–Crippen LogP) is 2.98. The van der Waals surface area contributed by atoms with Crippen molar-refractivity contribution in [2.45, 2.75) is 20.3 Å². The number of nitrogens with two attached hydrogens (primary N) is 1. The van der Waals surface area contributed by atoms with Gasteiger partial charge in [-0.3, -0.25) is 4.99 Å². The van der Waals surface area contributed by atoms with E-state index in [2.05, 4.69) is 24.2 Å². The number of benzene rings is 1. The molecule has 0 amide bonds. The van der Waals surface area contributed by atoms with Crippen molar-refractivity contribution >= 4 is 11.6 Å². The van der Waals surface area contributed by atoms with Crippen molar-refractivity contribution in [2.75, 3.05) is 11.9 Å². The highest BCUT2D eigenvalue weighted by atomic mass is 19.1. The predicted molar refractivity (Wildman–Crippen MR) is 72.9 cm³/mol. The van der Waals surface area contributed by atoms with Gasteiger partial charge in [0.15, 0.2) is 5.96 Å². The van der Waals surface area contributed by atoms with Crippen LogP contribution in [0.25, 0.3) is 0 Å². The minimum atomic E-state index is -0.550. The lowest BCUT2D eigenvalue weighted by Crippen LogP contribution is -2.23. The van der Waals surface area contributed by atoms with E-state index in [1.165, 1.54) is 6.42 Å². The summed E-state index contributed by atoms with van der Waals surface area (Å²) in [6.45, 7) is 5.02. The summed E-state index contributed by atoms with van der Waals surface area (Å²) in [7, 11) is 0. The quantitative estimate of drug-likeness (QED) is 0.651. The molecule has 0 radical (unpaired) electrons. The first-order valence-corrected chi connectivity index (χ1v) is 6.49. The third-order valence-electron chi connectivity index (χ3n) is 3.52. The van der Waals surface area contributed by atoms with Crippen molar-refractivity contribution in [1.82, 2.24) is 0 Å². The Balaban J connectivity index is 1.90. The van der Waals surface area contributed by atoms with E-state index in [0.717, 1.165) is 18.2 Å². The lowest BCUT2D eigenvalue weighted by molar-refractivity contribution is 0.521. The molecule has 0 aromatic heterocycles. The Bertz CT molecular complexity index is 486. The summed E-state index contributed by atoms with van der Waals surface area (Å²) in [5, 5.41) is 2.59. The van der Waals surface area contributed by atoms with E-state index in [-0.39, 0.29) is 11.6 Å². The zero-order valence-electron chi connectivity index (χ0n) is 11.2. The van der Waals surface area contributed by atoms with E-state index in [0.29, 0.717) is 24.3 Å². The van der Waals surface area contributed by atoms with Crippen LogP contribution in [0.3, 0.4) is 0 Å². The monoisotopic (exact) mass is 267 g/mol. The fraction of sp³-hybridized carbons (Fsp3) is 0.500. The molecule has 0 unspecified atom stereocenters. The third-order valence-corrected chi connectivity index (χ3v) is 3.52. The fourth-order valence-corrected chi connectivity index (χ4v) is 2.28. The molecule has 1 aromatic carbocycles. The molecule has 0 spiro atoms. The van der Waals surface area contributed by atoms with Gasteiger partial charge < -0.3 is 11.1 Å². The standard InChI is InChI=1S/C14H19F2N3/c1-8(2)11-5-9(11)7-18-14(17)19-13-6-10(15)3-4-12(13)16/h3-4,6,8-9,11H,5,7H2,1-2H3,(H3,17,18,19)/t9-,11-/m0/s1. The molecule has 1 aliphatic rings. The average molecular weight is 267 g/mol. The van der Waals surface area contributed by atoms with Crippen LogP contribution >= 0.6 is 0 Å². The van der Waals surface area contributed by atoms with Gasteiger partial charge in [-0.2, -0.15) is 0 Å². The van der Waals surface area contributed by atoms with Crippen molar-refractivity contribution in [3.05, 3.63) is 29.8 Å². The average Bonchev–Trinajstić information content (AvgIpc) is 3.11. The Morgan fingerprint density at radius 3 is 2.84 bits per heavy atom. The highest BCUT2D eigenvalue weighted by molar-refractivity contribution is 5.92. The molecule has 5 heteroatoms. The number of nitrogens with zero attached hydrogens (tertiary/aromatic N) is 1. The largest absolute Gasteiger partial charge is 0.370 e. The normalized spacial score (nSPS) is 22.7. The number of nitrogens with one attached hydrogen (secondary N) is 1. The summed E-state index contributed by atoms with van der Waals surface area (Å²) >= 11 is 0. The Morgan fingerprint density at radius 1 is 1.47 bits per heavy atom. The minimum Gasteiger partial charge on any atom is -0.370 e. The maximum absolute atomic E-state index is 13.4. The molecule has 0 aliphatic heterocycles. The summed E-state index contributed by atoms with van der Waals surface area (Å²) in [4.78, 5) is 4.18. The molecule has 2 atom stereocenters. The topological polar surface area (TPSA) is 50.4 Å². The van der Waals surface area contributed by atoms with Gasteiger partial charge in [0.25, 0.3) is 0 Å². The molecule has 2 rings (SSSR count). The molecule has 0 bridgehead atoms. The molecule has 3 N–H and O–H groups in total. The maximum Gasteiger partial charge on any atom is 0.193 e. The summed E-state index contributed by atoms with van der Waals surface area (Å²) in [5.74, 6) is 0.999. The molecular weight excluding hydrogens is 248 g/mol. The van der Waals surface area contributed by atoms with Crippen LogP contribution in [0.5, 0.6) is 0 Å². The molecule has 19 heavy (non-hydrogen) atoms. The molecule has 104 valence electrons. The van der Waals surface area contributed by atoms with Crippen LogP contribution in [0.2, 0.25) is 0 Å². The molecule has 1 saturated carbocycles. The van der Waals surface area contributed by atoms with Gasteiger partial charge >= 0.3 is 0 Å². The molecule has 0 heterocycles. The first-order chi connectivity index (χ1) is 8.97. The van der Waals surface area contributed by atoms with Crippen LogP contribution in [0.15, 0.2) is 23.2 Å². The van der Waals surface area contributed by atoms with Crippen molar-refractivity contribution in [1.29, 1.82) is 0 Å². The second kappa shape index (κ2) is 5.55. The van der Waals surface area contributed by atoms with Crippen molar-refractivity contribution in [3.8, 4) is 0 Å². The van der Waals surface area contributed by atoms with Gasteiger partial charge in [-0.1, -0.05) is 13.8 Å². The number of hydrogen-bond donors (Lipinski definition) is 2. The molecule has 1 aliphatic carbocycles. The van der Waals surface area contributed by atoms with E-state index in [1.807, 2.05) is 0 Å². The minimum absolute atomic E-state index is 0.0115. The highest BCUT2D eigenvalue weighted by Gasteiger charge is 2.38. The maximum atomic E-state index is 13.4. The fourth-order valence-electron chi connectivity index (χ4n) is 2.28. The molecule has 1 aromatic rings. The number of guanidine groups is 1. The van der Waals surface area contributed by atoms with Crippen LogP contribution in [0.4, 0.5) is 14.5 Å². The van der Waals surface area contributed by atoms with Crippen molar-refractivity contribution in [3.63, 3.8) is 0 Å². The Hall–Kier alpha value is -1.65. The lowest BCUT2D eigenvalue weighted by atomic mass is 10.1. The van der Waals surface area contributed by atoms with Crippen LogP contribution in [0, 0.1) is 29.4 Å². The van der Waals surface area contributed by atoms with Crippen LogP contribution in [0.1, 0.15) is 20.3 Å². The van der Waals surface area contributed by atoms with E-state index in [4.69, 9.17) is 5.73 Å². The SMILES string of the molecule is CC(C)[C@@H]1C[C@H]1CN=C(N)Nc1cc(F)ccc1F. The zero-order chi connectivity index (χ0) is 14.0. The van der Waals surface area contributed by atoms with E-state index >= 15 is 0 Å². The third kappa shape index (κ3) is 3.66. The Labute approximate surface area is 111 Å². The van der Waals surface area contributed by atoms with Gasteiger partial charge in [-0.25, -0.2) is 8.78 Å². The van der Waals surface area contributed by atoms with Gasteiger partial charge in [0.1, 0.15) is 11.6 Å². The summed E-state index contributed by atoms with van der Waals surface area (Å²) in [5.41, 5.74) is 5.68. The second-order valence-electron chi connectivity index (χ2n) is 5.38. The summed E-state index contributed by atoms with van der Waals surface area (Å²) < 4.78 is 26.3. The molecular formula is C14H19F2N3. The van der Waals surface area contributed by atoms with E-state index in [9.17, 15) is 8.78 Å². The number of hydrogen-bond acceptors (Lipinski definition) is 1. The summed E-state index contributed by atoms with van der Waals surface area (Å²) in [6.07, 6.45) is 1.17. The van der Waals surface area contributed by atoms with E-state index < -0.39 is 11.6 Å². The molecule has 1 fully saturated rings. The smallest absolute Gasteiger partial charge is 0.193 e. The highest BCUT2D eigenvalue weighted by Crippen LogP contribution is 2.44. The van der Waals surface area contributed by atoms with Crippen LogP contribution in [-0.4, -0.2) is 12.5 Å². The first-order valence-electron chi connectivity index (χ1n) is 6.49. The van der Waals surface area contributed by atoms with Gasteiger partial charge in [-0.05, 0) is 36.3 Å². The number of aliphatic imine (C=N–C) groups is 1. The Kier molecular flexibility index (Phi) is 4.02. The molecule has 3 nitrogen and oxygen atoms in total. The zero-order valence-corrected chi connectivity index (χ0v) is 11.2.